The maximum Gasteiger partial charge on any atom is 0.308 e. The highest BCUT2D eigenvalue weighted by Gasteiger charge is 2.56. The van der Waals surface area contributed by atoms with E-state index in [1.165, 1.54) is 28.8 Å². The zero-order valence-electron chi connectivity index (χ0n) is 21.3. The first-order valence-electron chi connectivity index (χ1n) is 12.4. The third-order valence-corrected chi connectivity index (χ3v) is 10.7. The number of hydrogen-bond acceptors (Lipinski definition) is 9. The fourth-order valence-corrected chi connectivity index (χ4v) is 8.51. The van der Waals surface area contributed by atoms with Crippen LogP contribution < -0.4 is 20.2 Å². The van der Waals surface area contributed by atoms with Gasteiger partial charge >= 0.3 is 4.87 Å². The van der Waals surface area contributed by atoms with Crippen LogP contribution in [0.4, 0.5) is 11.4 Å². The summed E-state index contributed by atoms with van der Waals surface area (Å²) in [6, 6.07) is 15.2. The third kappa shape index (κ3) is 5.05. The number of sulfonamides is 1. The standard InChI is InChI=1S/C27H20ClN5O6S3/c28-15-3-7-17(8-4-15)33-24(35)21-20(14-2-1-11-30-12-14)23-26(40-22(21)25(33)36)32(27(37)41-23)13-19(34)31-16-5-9-18(10-6-16)42(29,38)39/h1-12,20-22H,13H2,(H,31,34)(H2,29,38,39). The highest BCUT2D eigenvalue weighted by Crippen LogP contribution is 2.53. The molecule has 1 fully saturated rings. The number of rotatable bonds is 6. The highest BCUT2D eigenvalue weighted by atomic mass is 35.5. The lowest BCUT2D eigenvalue weighted by molar-refractivity contribution is -0.122. The molecule has 0 radical (unpaired) electrons. The van der Waals surface area contributed by atoms with Crippen molar-refractivity contribution >= 4 is 73.8 Å². The number of hydrogen-bond donors (Lipinski definition) is 2. The van der Waals surface area contributed by atoms with Gasteiger partial charge in [0, 0.05) is 33.9 Å². The third-order valence-electron chi connectivity index (χ3n) is 6.95. The fraction of sp³-hybridized carbons (Fsp3) is 0.148. The van der Waals surface area contributed by atoms with E-state index in [0.717, 1.165) is 28.0 Å². The number of primary sulfonamides is 1. The lowest BCUT2D eigenvalue weighted by Crippen LogP contribution is -2.33. The zero-order chi connectivity index (χ0) is 29.8. The summed E-state index contributed by atoms with van der Waals surface area (Å²) in [5.74, 6) is -2.80. The fourth-order valence-electron chi connectivity index (χ4n) is 5.09. The monoisotopic (exact) mass is 641 g/mol. The Morgan fingerprint density at radius 2 is 1.74 bits per heavy atom. The van der Waals surface area contributed by atoms with E-state index in [1.807, 2.05) is 0 Å². The Labute approximate surface area is 252 Å². The number of carbonyl (C=O) groups is 3. The number of amides is 3. The van der Waals surface area contributed by atoms with E-state index in [4.69, 9.17) is 16.7 Å². The van der Waals surface area contributed by atoms with Gasteiger partial charge in [0.1, 0.15) is 11.8 Å². The Hall–Kier alpha value is -3.82. The van der Waals surface area contributed by atoms with E-state index < -0.39 is 49.7 Å². The van der Waals surface area contributed by atoms with Gasteiger partial charge < -0.3 is 5.32 Å². The first-order chi connectivity index (χ1) is 20.0. The van der Waals surface area contributed by atoms with E-state index in [1.54, 1.807) is 48.8 Å². The molecule has 42 heavy (non-hydrogen) atoms. The van der Waals surface area contributed by atoms with Crippen molar-refractivity contribution in [3.05, 3.63) is 98.2 Å². The molecule has 6 rings (SSSR count). The van der Waals surface area contributed by atoms with E-state index in [-0.39, 0.29) is 11.4 Å². The molecule has 4 heterocycles. The van der Waals surface area contributed by atoms with E-state index >= 15 is 0 Å². The lowest BCUT2D eigenvalue weighted by Gasteiger charge is -2.30. The van der Waals surface area contributed by atoms with Gasteiger partial charge in [-0.25, -0.2) is 18.5 Å². The van der Waals surface area contributed by atoms with Crippen LogP contribution >= 0.6 is 34.7 Å². The molecule has 2 aromatic carbocycles. The zero-order valence-corrected chi connectivity index (χ0v) is 24.5. The molecule has 0 spiro atoms. The van der Waals surface area contributed by atoms with Crippen molar-refractivity contribution in [2.24, 2.45) is 11.1 Å². The molecular weight excluding hydrogens is 622 g/mol. The topological polar surface area (TPSA) is 162 Å². The number of fused-ring (bicyclic) bond motifs is 2. The van der Waals surface area contributed by atoms with Gasteiger partial charge in [-0.05, 0) is 60.2 Å². The SMILES string of the molecule is NS(=O)(=O)c1ccc(NC(=O)Cn2c3c(sc2=O)C(c2cccnc2)C2C(=O)N(c4ccc(Cl)cc4)C(=O)C2S3)cc1. The van der Waals surface area contributed by atoms with Gasteiger partial charge in [-0.3, -0.25) is 28.7 Å². The van der Waals surface area contributed by atoms with Gasteiger partial charge in [0.25, 0.3) is 0 Å². The number of imide groups is 1. The number of thioether (sulfide) groups is 1. The summed E-state index contributed by atoms with van der Waals surface area (Å²) in [6.45, 7) is -0.366. The minimum absolute atomic E-state index is 0.112. The maximum atomic E-state index is 13.8. The molecule has 2 aliphatic heterocycles. The van der Waals surface area contributed by atoms with Crippen molar-refractivity contribution in [1.82, 2.24) is 9.55 Å². The number of benzene rings is 2. The van der Waals surface area contributed by atoms with Gasteiger partial charge in [-0.15, -0.1) is 0 Å². The molecule has 214 valence electrons. The summed E-state index contributed by atoms with van der Waals surface area (Å²) < 4.78 is 24.3. The first kappa shape index (κ1) is 28.3. The quantitative estimate of drug-likeness (QED) is 0.304. The molecular formula is C27H20ClN5O6S3. The van der Waals surface area contributed by atoms with Crippen LogP contribution in [-0.4, -0.2) is 40.9 Å². The average Bonchev–Trinajstić information content (AvgIpc) is 3.40. The molecule has 2 aliphatic rings. The van der Waals surface area contributed by atoms with Gasteiger partial charge in [-0.2, -0.15) is 0 Å². The van der Waals surface area contributed by atoms with Crippen LogP contribution in [-0.2, 0) is 31.0 Å². The molecule has 0 bridgehead atoms. The average molecular weight is 642 g/mol. The number of nitrogens with one attached hydrogen (secondary N) is 1. The molecule has 3 amide bonds. The summed E-state index contributed by atoms with van der Waals surface area (Å²) in [5.41, 5.74) is 1.37. The smallest absolute Gasteiger partial charge is 0.308 e. The summed E-state index contributed by atoms with van der Waals surface area (Å²) in [5, 5.41) is 7.81. The Bertz CT molecular complexity index is 1890. The number of anilines is 2. The Morgan fingerprint density at radius 1 is 1.02 bits per heavy atom. The number of nitrogens with zero attached hydrogens (tertiary/aromatic N) is 3. The second kappa shape index (κ2) is 10.8. The minimum atomic E-state index is -3.90. The van der Waals surface area contributed by atoms with Crippen molar-refractivity contribution in [1.29, 1.82) is 0 Å². The van der Waals surface area contributed by atoms with Crippen LogP contribution in [0.2, 0.25) is 5.02 Å². The normalized spacial score (nSPS) is 19.9. The second-order valence-corrected chi connectivity index (χ2v) is 13.7. The molecule has 0 aliphatic carbocycles. The summed E-state index contributed by atoms with van der Waals surface area (Å²) in [4.78, 5) is 59.2. The first-order valence-corrected chi connectivity index (χ1v) is 16.0. The molecule has 0 saturated carbocycles. The predicted octanol–water partition coefficient (Wildman–Crippen LogP) is 3.04. The number of halogens is 1. The highest BCUT2D eigenvalue weighted by molar-refractivity contribution is 8.00. The molecule has 3 N–H and O–H groups in total. The summed E-state index contributed by atoms with van der Waals surface area (Å²) >= 11 is 8.04. The van der Waals surface area contributed by atoms with Gasteiger partial charge in [-0.1, -0.05) is 40.8 Å². The van der Waals surface area contributed by atoms with Crippen molar-refractivity contribution < 1.29 is 22.8 Å². The Morgan fingerprint density at radius 3 is 2.38 bits per heavy atom. The number of carbonyl (C=O) groups excluding carboxylic acids is 3. The van der Waals surface area contributed by atoms with Crippen molar-refractivity contribution in [2.75, 3.05) is 10.2 Å². The molecule has 11 nitrogen and oxygen atoms in total. The second-order valence-electron chi connectivity index (χ2n) is 9.56. The number of thiazole rings is 1. The van der Waals surface area contributed by atoms with E-state index in [2.05, 4.69) is 10.3 Å². The maximum absolute atomic E-state index is 13.8. The van der Waals surface area contributed by atoms with Gasteiger partial charge in [0.2, 0.25) is 27.7 Å². The molecule has 3 unspecified atom stereocenters. The van der Waals surface area contributed by atoms with Gasteiger partial charge in [0.15, 0.2) is 0 Å². The van der Waals surface area contributed by atoms with Crippen LogP contribution in [0.1, 0.15) is 16.4 Å². The predicted molar refractivity (Wildman–Crippen MR) is 158 cm³/mol. The molecule has 15 heteroatoms. The van der Waals surface area contributed by atoms with Gasteiger partial charge in [0.05, 0.1) is 21.5 Å². The molecule has 4 aromatic rings. The minimum Gasteiger partial charge on any atom is -0.325 e. The van der Waals surface area contributed by atoms with Crippen LogP contribution in [0.5, 0.6) is 0 Å². The summed E-state index contributed by atoms with van der Waals surface area (Å²) in [7, 11) is -3.90. The Balaban J connectivity index is 1.35. The number of aromatic nitrogens is 2. The molecule has 2 aromatic heterocycles. The Kier molecular flexibility index (Phi) is 7.27. The largest absolute Gasteiger partial charge is 0.325 e. The van der Waals surface area contributed by atoms with Crippen LogP contribution in [0.25, 0.3) is 0 Å². The van der Waals surface area contributed by atoms with Crippen molar-refractivity contribution in [3.63, 3.8) is 0 Å². The van der Waals surface area contributed by atoms with Crippen molar-refractivity contribution in [3.8, 4) is 0 Å². The lowest BCUT2D eigenvalue weighted by atomic mass is 9.84. The summed E-state index contributed by atoms with van der Waals surface area (Å²) in [6.07, 6.45) is 3.20. The van der Waals surface area contributed by atoms with Crippen molar-refractivity contribution in [2.45, 2.75) is 27.6 Å². The van der Waals surface area contributed by atoms with Crippen LogP contribution in [0.3, 0.4) is 0 Å². The van der Waals surface area contributed by atoms with Crippen LogP contribution in [0, 0.1) is 5.92 Å². The molecule has 1 saturated heterocycles. The van der Waals surface area contributed by atoms with E-state index in [0.29, 0.717) is 31.9 Å². The van der Waals surface area contributed by atoms with Crippen LogP contribution in [0.15, 0.2) is 87.8 Å². The van der Waals surface area contributed by atoms with E-state index in [9.17, 15) is 27.6 Å². The number of nitrogens with two attached hydrogens (primary N) is 1. The molecule has 3 atom stereocenters. The number of pyridine rings is 1.